The van der Waals surface area contributed by atoms with Crippen LogP contribution in [0.3, 0.4) is 0 Å². The minimum Gasteiger partial charge on any atom is -0.490 e. The summed E-state index contributed by atoms with van der Waals surface area (Å²) >= 11 is 18.8. The zero-order valence-corrected chi connectivity index (χ0v) is 17.5. The van der Waals surface area contributed by atoms with Crippen molar-refractivity contribution in [2.75, 3.05) is 13.2 Å². The molecule has 0 amide bonds. The van der Waals surface area contributed by atoms with Crippen LogP contribution >= 0.6 is 34.8 Å². The van der Waals surface area contributed by atoms with Crippen LogP contribution in [0.4, 0.5) is 0 Å². The maximum absolute atomic E-state index is 6.43. The lowest BCUT2D eigenvalue weighted by Gasteiger charge is -2.16. The molecule has 26 heavy (non-hydrogen) atoms. The van der Waals surface area contributed by atoms with Crippen LogP contribution < -0.4 is 14.8 Å². The van der Waals surface area contributed by atoms with Gasteiger partial charge in [0.1, 0.15) is 6.61 Å². The minimum atomic E-state index is 0.236. The van der Waals surface area contributed by atoms with Gasteiger partial charge < -0.3 is 14.8 Å². The minimum absolute atomic E-state index is 0.236. The third kappa shape index (κ3) is 5.95. The molecule has 2 aromatic rings. The van der Waals surface area contributed by atoms with E-state index >= 15 is 0 Å². The van der Waals surface area contributed by atoms with E-state index in [0.717, 1.165) is 17.7 Å². The van der Waals surface area contributed by atoms with Gasteiger partial charge in [0.05, 0.1) is 6.61 Å². The van der Waals surface area contributed by atoms with Crippen LogP contribution in [0.25, 0.3) is 0 Å². The molecule has 0 atom stereocenters. The van der Waals surface area contributed by atoms with E-state index in [9.17, 15) is 0 Å². The molecular weight excluding hydrogens is 393 g/mol. The fourth-order valence-corrected chi connectivity index (χ4v) is 3.14. The van der Waals surface area contributed by atoms with Gasteiger partial charge >= 0.3 is 0 Å². The molecule has 0 aromatic heterocycles. The average molecular weight is 417 g/mol. The normalized spacial score (nSPS) is 11.0. The molecule has 3 nitrogen and oxygen atoms in total. The lowest BCUT2D eigenvalue weighted by molar-refractivity contribution is 0.269. The van der Waals surface area contributed by atoms with Gasteiger partial charge in [-0.3, -0.25) is 0 Å². The van der Waals surface area contributed by atoms with Crippen LogP contribution in [0.1, 0.15) is 31.9 Å². The summed E-state index contributed by atoms with van der Waals surface area (Å²) in [7, 11) is 0. The summed E-state index contributed by atoms with van der Waals surface area (Å²) in [6.45, 7) is 8.62. The van der Waals surface area contributed by atoms with Crippen LogP contribution in [0.15, 0.2) is 30.3 Å². The Kier molecular flexibility index (Phi) is 8.36. The Bertz CT molecular complexity index is 715. The highest BCUT2D eigenvalue weighted by Crippen LogP contribution is 2.35. The molecule has 2 aromatic carbocycles. The van der Waals surface area contributed by atoms with Crippen molar-refractivity contribution in [3.63, 3.8) is 0 Å². The molecule has 0 aliphatic rings. The zero-order chi connectivity index (χ0) is 19.1. The molecule has 0 bridgehead atoms. The molecule has 0 aliphatic carbocycles. The molecule has 0 unspecified atom stereocenters. The van der Waals surface area contributed by atoms with Crippen molar-refractivity contribution < 1.29 is 9.47 Å². The van der Waals surface area contributed by atoms with Crippen LogP contribution in [-0.2, 0) is 13.2 Å². The fraction of sp³-hybridized carbons (Fsp3) is 0.400. The lowest BCUT2D eigenvalue weighted by Crippen LogP contribution is -2.19. The van der Waals surface area contributed by atoms with Crippen molar-refractivity contribution in [1.82, 2.24) is 5.32 Å². The van der Waals surface area contributed by atoms with E-state index in [0.29, 0.717) is 45.6 Å². The standard InChI is InChI=1S/C20H24Cl3NO2/c1-4-25-19-8-14(11-24-10-13(2)3)18(23)9-20(19)26-12-15-16(21)6-5-7-17(15)22/h5-9,13,24H,4,10-12H2,1-3H3. The first-order chi connectivity index (χ1) is 12.4. The molecule has 2 rings (SSSR count). The summed E-state index contributed by atoms with van der Waals surface area (Å²) in [5.41, 5.74) is 1.70. The van der Waals surface area contributed by atoms with E-state index in [1.165, 1.54) is 0 Å². The molecule has 0 saturated heterocycles. The highest BCUT2D eigenvalue weighted by atomic mass is 35.5. The molecule has 0 saturated carbocycles. The average Bonchev–Trinajstić information content (AvgIpc) is 2.57. The highest BCUT2D eigenvalue weighted by Gasteiger charge is 2.13. The monoisotopic (exact) mass is 415 g/mol. The van der Waals surface area contributed by atoms with Crippen LogP contribution in [0, 0.1) is 5.92 Å². The largest absolute Gasteiger partial charge is 0.490 e. The quantitative estimate of drug-likeness (QED) is 0.515. The summed E-state index contributed by atoms with van der Waals surface area (Å²) in [4.78, 5) is 0. The molecule has 1 N–H and O–H groups in total. The number of rotatable bonds is 9. The van der Waals surface area contributed by atoms with Crippen LogP contribution in [-0.4, -0.2) is 13.2 Å². The van der Waals surface area contributed by atoms with Gasteiger partial charge in [-0.05, 0) is 43.1 Å². The topological polar surface area (TPSA) is 30.5 Å². The van der Waals surface area contributed by atoms with Crippen molar-refractivity contribution in [2.45, 2.75) is 33.9 Å². The summed E-state index contributed by atoms with van der Waals surface area (Å²) < 4.78 is 11.6. The second-order valence-corrected chi connectivity index (χ2v) is 7.56. The van der Waals surface area contributed by atoms with E-state index in [4.69, 9.17) is 44.3 Å². The smallest absolute Gasteiger partial charge is 0.163 e. The number of halogens is 3. The van der Waals surface area contributed by atoms with E-state index in [-0.39, 0.29) is 6.61 Å². The van der Waals surface area contributed by atoms with Gasteiger partial charge in [0.15, 0.2) is 11.5 Å². The third-order valence-corrected chi connectivity index (χ3v) is 4.77. The number of benzene rings is 2. The van der Waals surface area contributed by atoms with Crippen molar-refractivity contribution in [3.05, 3.63) is 56.5 Å². The first kappa shape index (κ1) is 21.2. The Labute approximate surface area is 170 Å². The molecule has 0 aliphatic heterocycles. The zero-order valence-electron chi connectivity index (χ0n) is 15.2. The number of nitrogens with one attached hydrogen (secondary N) is 1. The number of hydrogen-bond donors (Lipinski definition) is 1. The molecule has 0 radical (unpaired) electrons. The summed E-state index contributed by atoms with van der Waals surface area (Å²) in [5.74, 6) is 1.80. The van der Waals surface area contributed by atoms with E-state index < -0.39 is 0 Å². The predicted molar refractivity (Wildman–Crippen MR) is 110 cm³/mol. The van der Waals surface area contributed by atoms with Crippen LogP contribution in [0.2, 0.25) is 15.1 Å². The Hall–Kier alpha value is -1.13. The van der Waals surface area contributed by atoms with Gasteiger partial charge in [-0.15, -0.1) is 0 Å². The molecule has 0 fully saturated rings. The molecule has 0 heterocycles. The lowest BCUT2D eigenvalue weighted by atomic mass is 10.1. The van der Waals surface area contributed by atoms with Gasteiger partial charge in [0, 0.05) is 33.2 Å². The number of hydrogen-bond acceptors (Lipinski definition) is 3. The number of ether oxygens (including phenoxy) is 2. The first-order valence-corrected chi connectivity index (χ1v) is 9.77. The SMILES string of the molecule is CCOc1cc(CNCC(C)C)c(Cl)cc1OCc1c(Cl)cccc1Cl. The molecule has 142 valence electrons. The Balaban J connectivity index is 2.17. The Morgan fingerprint density at radius 2 is 1.62 bits per heavy atom. The van der Waals surface area contributed by atoms with Gasteiger partial charge in [0.2, 0.25) is 0 Å². The van der Waals surface area contributed by atoms with Gasteiger partial charge in [-0.2, -0.15) is 0 Å². The van der Waals surface area contributed by atoms with Crippen molar-refractivity contribution in [3.8, 4) is 11.5 Å². The summed E-state index contributed by atoms with van der Waals surface area (Å²) in [6.07, 6.45) is 0. The second kappa shape index (κ2) is 10.3. The summed E-state index contributed by atoms with van der Waals surface area (Å²) in [6, 6.07) is 9.07. The van der Waals surface area contributed by atoms with Crippen molar-refractivity contribution >= 4 is 34.8 Å². The maximum atomic E-state index is 6.43. The fourth-order valence-electron chi connectivity index (χ4n) is 2.41. The van der Waals surface area contributed by atoms with Crippen molar-refractivity contribution in [2.24, 2.45) is 5.92 Å². The molecule has 0 spiro atoms. The van der Waals surface area contributed by atoms with Crippen molar-refractivity contribution in [1.29, 1.82) is 0 Å². The Morgan fingerprint density at radius 1 is 0.962 bits per heavy atom. The van der Waals surface area contributed by atoms with E-state index in [1.807, 2.05) is 13.0 Å². The maximum Gasteiger partial charge on any atom is 0.163 e. The Morgan fingerprint density at radius 3 is 2.23 bits per heavy atom. The van der Waals surface area contributed by atoms with Gasteiger partial charge in [0.25, 0.3) is 0 Å². The molecule has 6 heteroatoms. The van der Waals surface area contributed by atoms with E-state index in [1.54, 1.807) is 24.3 Å². The van der Waals surface area contributed by atoms with Crippen LogP contribution in [0.5, 0.6) is 11.5 Å². The second-order valence-electron chi connectivity index (χ2n) is 6.34. The third-order valence-electron chi connectivity index (χ3n) is 3.71. The van der Waals surface area contributed by atoms with Gasteiger partial charge in [-0.25, -0.2) is 0 Å². The van der Waals surface area contributed by atoms with Gasteiger partial charge in [-0.1, -0.05) is 54.7 Å². The molecular formula is C20H24Cl3NO2. The highest BCUT2D eigenvalue weighted by molar-refractivity contribution is 6.36. The predicted octanol–water partition coefficient (Wildman–Crippen LogP) is 6.37. The first-order valence-electron chi connectivity index (χ1n) is 8.64. The van der Waals surface area contributed by atoms with E-state index in [2.05, 4.69) is 19.2 Å². The summed E-state index contributed by atoms with van der Waals surface area (Å²) in [5, 5.41) is 5.15.